The van der Waals surface area contributed by atoms with Crippen LogP contribution in [0.1, 0.15) is 91.1 Å². The Balaban J connectivity index is 2.73. The molecule has 1 amide bonds. The molecule has 1 heterocycles. The summed E-state index contributed by atoms with van der Waals surface area (Å²) in [5.74, 6) is -0.389. The molecule has 3 atom stereocenters. The van der Waals surface area contributed by atoms with Gasteiger partial charge in [-0.25, -0.2) is 13.2 Å². The number of methoxy groups -OCH3 is 1. The van der Waals surface area contributed by atoms with Crippen LogP contribution in [0.25, 0.3) is 0 Å². The number of nitrogens with zero attached hydrogens (tertiary/aromatic N) is 1. The van der Waals surface area contributed by atoms with E-state index in [1.54, 1.807) is 46.9 Å². The Hall–Kier alpha value is -2.09. The van der Waals surface area contributed by atoms with Gasteiger partial charge in [0.25, 0.3) is 5.91 Å². The molecule has 1 aliphatic heterocycles. The fourth-order valence-corrected chi connectivity index (χ4v) is 6.54. The molecular formula is C27H43NO6S. The lowest BCUT2D eigenvalue weighted by Crippen LogP contribution is -2.57. The van der Waals surface area contributed by atoms with E-state index in [9.17, 15) is 18.0 Å². The number of sulfone groups is 1. The van der Waals surface area contributed by atoms with Crippen LogP contribution in [0.15, 0.2) is 18.2 Å². The maximum atomic E-state index is 14.1. The molecule has 1 aromatic carbocycles. The second kappa shape index (κ2) is 9.75. The van der Waals surface area contributed by atoms with Gasteiger partial charge in [-0.3, -0.25) is 4.79 Å². The summed E-state index contributed by atoms with van der Waals surface area (Å²) >= 11 is 0. The maximum Gasteiger partial charge on any atom is 0.332 e. The van der Waals surface area contributed by atoms with Gasteiger partial charge in [-0.2, -0.15) is 0 Å². The van der Waals surface area contributed by atoms with Gasteiger partial charge in [-0.05, 0) is 63.1 Å². The highest BCUT2D eigenvalue weighted by molar-refractivity contribution is 7.91. The van der Waals surface area contributed by atoms with Crippen LogP contribution >= 0.6 is 0 Å². The Bertz CT molecular complexity index is 1060. The van der Waals surface area contributed by atoms with Gasteiger partial charge in [0.15, 0.2) is 9.84 Å². The Morgan fingerprint density at radius 2 is 1.71 bits per heavy atom. The lowest BCUT2D eigenvalue weighted by Gasteiger charge is -2.41. The lowest BCUT2D eigenvalue weighted by molar-refractivity contribution is -0.168. The van der Waals surface area contributed by atoms with Crippen molar-refractivity contribution in [3.05, 3.63) is 29.3 Å². The second-order valence-electron chi connectivity index (χ2n) is 12.3. The minimum atomic E-state index is -3.55. The zero-order valence-electron chi connectivity index (χ0n) is 23.2. The van der Waals surface area contributed by atoms with Gasteiger partial charge in [0.2, 0.25) is 0 Å². The van der Waals surface area contributed by atoms with Gasteiger partial charge >= 0.3 is 5.97 Å². The summed E-state index contributed by atoms with van der Waals surface area (Å²) in [6.45, 7) is 17.1. The number of carbonyl (C=O) groups excluding carboxylic acids is 2. The third-order valence-electron chi connectivity index (χ3n) is 6.50. The fourth-order valence-electron chi connectivity index (χ4n) is 5.12. The van der Waals surface area contributed by atoms with Crippen LogP contribution < -0.4 is 4.74 Å². The summed E-state index contributed by atoms with van der Waals surface area (Å²) in [7, 11) is -1.99. The first kappa shape index (κ1) is 29.1. The van der Waals surface area contributed by atoms with Crippen LogP contribution in [0.4, 0.5) is 0 Å². The highest BCUT2D eigenvalue weighted by atomic mass is 32.2. The van der Waals surface area contributed by atoms with E-state index in [1.165, 1.54) is 11.2 Å². The van der Waals surface area contributed by atoms with Crippen LogP contribution in [-0.4, -0.2) is 61.0 Å². The highest BCUT2D eigenvalue weighted by Crippen LogP contribution is 2.44. The number of rotatable bonds is 6. The molecule has 0 aromatic heterocycles. The number of hydrogen-bond donors (Lipinski definition) is 0. The monoisotopic (exact) mass is 509 g/mol. The van der Waals surface area contributed by atoms with Crippen molar-refractivity contribution in [2.24, 2.45) is 5.92 Å². The van der Waals surface area contributed by atoms with Crippen molar-refractivity contribution >= 4 is 21.7 Å². The molecule has 35 heavy (non-hydrogen) atoms. The van der Waals surface area contributed by atoms with Gasteiger partial charge in [-0.1, -0.05) is 40.7 Å². The predicted octanol–water partition coefficient (Wildman–Crippen LogP) is 4.77. The molecule has 7 nitrogen and oxygen atoms in total. The molecule has 0 spiro atoms. The summed E-state index contributed by atoms with van der Waals surface area (Å²) in [4.78, 5) is 29.3. The first-order valence-corrected chi connectivity index (χ1v) is 14.1. The molecule has 0 unspecified atom stereocenters. The number of amides is 1. The number of benzene rings is 1. The Labute approximate surface area is 211 Å². The van der Waals surface area contributed by atoms with Crippen LogP contribution in [0.2, 0.25) is 0 Å². The number of hydrogen-bond acceptors (Lipinski definition) is 6. The first-order chi connectivity index (χ1) is 15.7. The molecule has 0 N–H and O–H groups in total. The second-order valence-corrected chi connectivity index (χ2v) is 14.5. The molecule has 198 valence electrons. The third-order valence-corrected chi connectivity index (χ3v) is 8.16. The Morgan fingerprint density at radius 3 is 2.14 bits per heavy atom. The van der Waals surface area contributed by atoms with Gasteiger partial charge in [0.1, 0.15) is 16.9 Å². The van der Waals surface area contributed by atoms with Crippen LogP contribution in [-0.2, 0) is 24.8 Å². The number of likely N-dealkylation sites (tertiary alicyclic amines) is 1. The van der Waals surface area contributed by atoms with Crippen LogP contribution in [0, 0.1) is 5.92 Å². The predicted molar refractivity (Wildman–Crippen MR) is 139 cm³/mol. The van der Waals surface area contributed by atoms with E-state index in [2.05, 4.69) is 20.8 Å². The van der Waals surface area contributed by atoms with E-state index in [4.69, 9.17) is 9.47 Å². The molecule has 8 heteroatoms. The van der Waals surface area contributed by atoms with Gasteiger partial charge < -0.3 is 14.4 Å². The average Bonchev–Trinajstić information content (AvgIpc) is 2.97. The van der Waals surface area contributed by atoms with E-state index in [1.807, 2.05) is 19.9 Å². The Kier molecular flexibility index (Phi) is 8.12. The molecule has 0 bridgehead atoms. The maximum absolute atomic E-state index is 14.1. The normalized spacial score (nSPS) is 23.5. The van der Waals surface area contributed by atoms with E-state index in [0.29, 0.717) is 17.7 Å². The van der Waals surface area contributed by atoms with E-state index < -0.39 is 44.1 Å². The van der Waals surface area contributed by atoms with Crippen molar-refractivity contribution in [3.63, 3.8) is 0 Å². The van der Waals surface area contributed by atoms with Crippen molar-refractivity contribution in [2.75, 3.05) is 13.4 Å². The quantitative estimate of drug-likeness (QED) is 0.513. The minimum Gasteiger partial charge on any atom is -0.496 e. The molecular weight excluding hydrogens is 466 g/mol. The fraction of sp³-hybridized carbons (Fsp3) is 0.704. The van der Waals surface area contributed by atoms with Crippen LogP contribution in [0.3, 0.4) is 0 Å². The standard InChI is InChI=1S/C27H43NO6S/c1-17(2)15-27(24(30)34-26(7,8)9)16-22(35(11,31)32)18(3)28(27)23(29)19-12-13-20(25(4,5)6)21(14-19)33-10/h12-14,17-18,22H,15-16H2,1-11H3/t18-,22-,27-/m0/s1. The Morgan fingerprint density at radius 1 is 1.14 bits per heavy atom. The molecule has 0 aliphatic carbocycles. The zero-order chi connectivity index (χ0) is 27.1. The lowest BCUT2D eigenvalue weighted by atomic mass is 9.84. The summed E-state index contributed by atoms with van der Waals surface area (Å²) in [6.07, 6.45) is 1.46. The zero-order valence-corrected chi connectivity index (χ0v) is 24.0. The van der Waals surface area contributed by atoms with E-state index in [0.717, 1.165) is 5.56 Å². The summed E-state index contributed by atoms with van der Waals surface area (Å²) in [5.41, 5.74) is -1.11. The number of carbonyl (C=O) groups is 2. The van der Waals surface area contributed by atoms with E-state index >= 15 is 0 Å². The number of esters is 1. The van der Waals surface area contributed by atoms with Gasteiger partial charge in [-0.15, -0.1) is 0 Å². The first-order valence-electron chi connectivity index (χ1n) is 12.2. The largest absolute Gasteiger partial charge is 0.496 e. The van der Waals surface area contributed by atoms with Crippen molar-refractivity contribution < 1.29 is 27.5 Å². The molecule has 1 saturated heterocycles. The molecule has 0 radical (unpaired) electrons. The van der Waals surface area contributed by atoms with Crippen molar-refractivity contribution in [1.29, 1.82) is 0 Å². The number of ether oxygens (including phenoxy) is 2. The molecule has 0 saturated carbocycles. The van der Waals surface area contributed by atoms with Gasteiger partial charge in [0, 0.05) is 24.3 Å². The molecule has 1 aromatic rings. The topological polar surface area (TPSA) is 90.0 Å². The average molecular weight is 510 g/mol. The SMILES string of the molecule is COc1cc(C(=O)N2[C@@H](C)[C@@H](S(C)(=O)=O)C[C@@]2(CC(C)C)C(=O)OC(C)(C)C)ccc1C(C)(C)C. The van der Waals surface area contributed by atoms with Crippen molar-refractivity contribution in [2.45, 2.75) is 103 Å². The van der Waals surface area contributed by atoms with Crippen molar-refractivity contribution in [3.8, 4) is 5.75 Å². The third kappa shape index (κ3) is 6.19. The summed E-state index contributed by atoms with van der Waals surface area (Å²) in [5, 5.41) is -0.881. The highest BCUT2D eigenvalue weighted by Gasteiger charge is 2.60. The summed E-state index contributed by atoms with van der Waals surface area (Å²) < 4.78 is 37.0. The van der Waals surface area contributed by atoms with Gasteiger partial charge in [0.05, 0.1) is 12.4 Å². The van der Waals surface area contributed by atoms with E-state index in [-0.39, 0.29) is 17.8 Å². The van der Waals surface area contributed by atoms with Crippen molar-refractivity contribution in [1.82, 2.24) is 4.90 Å². The molecule has 2 rings (SSSR count). The molecule has 1 aliphatic rings. The summed E-state index contributed by atoms with van der Waals surface area (Å²) in [6, 6.07) is 4.55. The smallest absolute Gasteiger partial charge is 0.332 e. The minimum absolute atomic E-state index is 0.00302. The molecule has 1 fully saturated rings. The van der Waals surface area contributed by atoms with Crippen LogP contribution in [0.5, 0.6) is 5.75 Å².